The van der Waals surface area contributed by atoms with E-state index in [1.807, 2.05) is 67.6 Å². The van der Waals surface area contributed by atoms with Gasteiger partial charge in [0, 0.05) is 27.7 Å². The van der Waals surface area contributed by atoms with Crippen molar-refractivity contribution < 1.29 is 9.53 Å². The number of hydrogen-bond donors (Lipinski definition) is 2. The van der Waals surface area contributed by atoms with Gasteiger partial charge in [0.05, 0.1) is 12.8 Å². The summed E-state index contributed by atoms with van der Waals surface area (Å²) in [6.07, 6.45) is 0.477. The highest BCUT2D eigenvalue weighted by Crippen LogP contribution is 2.30. The summed E-state index contributed by atoms with van der Waals surface area (Å²) in [5.41, 5.74) is 2.90. The van der Waals surface area contributed by atoms with Gasteiger partial charge in [-0.2, -0.15) is 0 Å². The lowest BCUT2D eigenvalue weighted by atomic mass is 10.2. The molecular weight excluding hydrogens is 400 g/mol. The van der Waals surface area contributed by atoms with Crippen molar-refractivity contribution >= 4 is 41.0 Å². The Morgan fingerprint density at radius 3 is 2.45 bits per heavy atom. The summed E-state index contributed by atoms with van der Waals surface area (Å²) >= 11 is 3.19. The van der Waals surface area contributed by atoms with Crippen molar-refractivity contribution in [2.45, 2.75) is 23.1 Å². The Hall–Kier alpha value is -2.57. The number of methoxy groups -OCH3 is 1. The molecule has 0 fully saturated rings. The highest BCUT2D eigenvalue weighted by atomic mass is 32.2. The van der Waals surface area contributed by atoms with Gasteiger partial charge in [0.2, 0.25) is 5.91 Å². The molecule has 0 radical (unpaired) electrons. The Balaban J connectivity index is 1.46. The molecule has 3 aromatic rings. The molecule has 0 saturated carbocycles. The van der Waals surface area contributed by atoms with Gasteiger partial charge < -0.3 is 14.8 Å². The number of amides is 1. The Morgan fingerprint density at radius 2 is 1.72 bits per heavy atom. The number of ether oxygens (including phenoxy) is 1. The molecule has 150 valence electrons. The molecule has 2 N–H and O–H groups in total. The smallest absolute Gasteiger partial charge is 0.225 e. The Kier molecular flexibility index (Phi) is 7.90. The summed E-state index contributed by atoms with van der Waals surface area (Å²) in [5, 5.41) is 2.95. The highest BCUT2D eigenvalue weighted by molar-refractivity contribution is 8.00. The molecule has 0 bridgehead atoms. The van der Waals surface area contributed by atoms with E-state index in [0.717, 1.165) is 33.3 Å². The summed E-state index contributed by atoms with van der Waals surface area (Å²) < 4.78 is 8.71. The quantitative estimate of drug-likeness (QED) is 0.314. The van der Waals surface area contributed by atoms with E-state index in [2.05, 4.69) is 22.2 Å². The predicted molar refractivity (Wildman–Crippen MR) is 124 cm³/mol. The standard InChI is InChI=1S/C23H24N2O2S2/c1-17-8-13-22(27-2)21(16-17)25-29-20-11-9-18(10-12-20)24-23(26)14-15-28-19-6-4-3-5-7-19/h3-13,16,25H,14-15H2,1-2H3,(H,24,26). The first kappa shape index (κ1) is 21.1. The van der Waals surface area contributed by atoms with Crippen molar-refractivity contribution in [2.24, 2.45) is 0 Å². The van der Waals surface area contributed by atoms with E-state index >= 15 is 0 Å². The van der Waals surface area contributed by atoms with Crippen molar-refractivity contribution in [1.82, 2.24) is 0 Å². The van der Waals surface area contributed by atoms with E-state index in [1.54, 1.807) is 18.9 Å². The number of carbonyl (C=O) groups is 1. The van der Waals surface area contributed by atoms with Gasteiger partial charge in [-0.15, -0.1) is 11.8 Å². The maximum atomic E-state index is 12.1. The molecule has 4 nitrogen and oxygen atoms in total. The maximum absolute atomic E-state index is 12.1. The van der Waals surface area contributed by atoms with Crippen molar-refractivity contribution in [3.8, 4) is 5.75 Å². The van der Waals surface area contributed by atoms with Crippen LogP contribution in [0.1, 0.15) is 12.0 Å². The summed E-state index contributed by atoms with van der Waals surface area (Å²) in [5.74, 6) is 1.59. The van der Waals surface area contributed by atoms with Crippen LogP contribution in [-0.4, -0.2) is 18.8 Å². The number of thioether (sulfide) groups is 1. The lowest BCUT2D eigenvalue weighted by molar-refractivity contribution is -0.115. The predicted octanol–water partition coefficient (Wildman–Crippen LogP) is 6.24. The lowest BCUT2D eigenvalue weighted by Gasteiger charge is -2.11. The van der Waals surface area contributed by atoms with Gasteiger partial charge in [-0.1, -0.05) is 24.3 Å². The van der Waals surface area contributed by atoms with Crippen LogP contribution in [-0.2, 0) is 4.79 Å². The molecule has 6 heteroatoms. The number of anilines is 2. The molecule has 3 rings (SSSR count). The van der Waals surface area contributed by atoms with Crippen LogP contribution in [0.2, 0.25) is 0 Å². The average molecular weight is 425 g/mol. The molecule has 3 aromatic carbocycles. The molecule has 0 atom stereocenters. The fraction of sp³-hybridized carbons (Fsp3) is 0.174. The second-order valence-electron chi connectivity index (χ2n) is 6.39. The number of carbonyl (C=O) groups excluding carboxylic acids is 1. The normalized spacial score (nSPS) is 10.4. The van der Waals surface area contributed by atoms with Gasteiger partial charge in [-0.3, -0.25) is 4.79 Å². The topological polar surface area (TPSA) is 50.4 Å². The minimum atomic E-state index is 0.0245. The lowest BCUT2D eigenvalue weighted by Crippen LogP contribution is -2.12. The van der Waals surface area contributed by atoms with Crippen LogP contribution in [0.4, 0.5) is 11.4 Å². The number of hydrogen-bond acceptors (Lipinski definition) is 5. The minimum absolute atomic E-state index is 0.0245. The van der Waals surface area contributed by atoms with E-state index in [9.17, 15) is 4.79 Å². The van der Waals surface area contributed by atoms with Crippen LogP contribution in [0.15, 0.2) is 82.6 Å². The van der Waals surface area contributed by atoms with E-state index in [4.69, 9.17) is 4.74 Å². The fourth-order valence-corrected chi connectivity index (χ4v) is 4.16. The van der Waals surface area contributed by atoms with Gasteiger partial charge in [-0.05, 0) is 73.0 Å². The molecule has 0 heterocycles. The SMILES string of the molecule is COc1ccc(C)cc1NSc1ccc(NC(=O)CCSc2ccccc2)cc1. The second kappa shape index (κ2) is 10.8. The zero-order valence-electron chi connectivity index (χ0n) is 16.5. The molecule has 0 aliphatic heterocycles. The Labute approximate surface area is 180 Å². The van der Waals surface area contributed by atoms with Crippen molar-refractivity contribution in [2.75, 3.05) is 22.9 Å². The Bertz CT molecular complexity index is 931. The molecule has 0 aliphatic rings. The van der Waals surface area contributed by atoms with E-state index in [1.165, 1.54) is 16.8 Å². The van der Waals surface area contributed by atoms with Crippen LogP contribution < -0.4 is 14.8 Å². The van der Waals surface area contributed by atoms with E-state index < -0.39 is 0 Å². The second-order valence-corrected chi connectivity index (χ2v) is 8.44. The monoisotopic (exact) mass is 424 g/mol. The van der Waals surface area contributed by atoms with Gasteiger partial charge >= 0.3 is 0 Å². The summed E-state index contributed by atoms with van der Waals surface area (Å²) in [6, 6.07) is 23.9. The van der Waals surface area contributed by atoms with Gasteiger partial charge in [0.15, 0.2) is 0 Å². The third kappa shape index (κ3) is 6.76. The van der Waals surface area contributed by atoms with Crippen LogP contribution in [0.3, 0.4) is 0 Å². The highest BCUT2D eigenvalue weighted by Gasteiger charge is 2.05. The van der Waals surface area contributed by atoms with Crippen molar-refractivity contribution in [3.63, 3.8) is 0 Å². The first-order valence-corrected chi connectivity index (χ1v) is 11.1. The van der Waals surface area contributed by atoms with Gasteiger partial charge in [-0.25, -0.2) is 0 Å². The fourth-order valence-electron chi connectivity index (χ4n) is 2.62. The van der Waals surface area contributed by atoms with Crippen LogP contribution in [0.5, 0.6) is 5.75 Å². The molecule has 0 spiro atoms. The molecule has 29 heavy (non-hydrogen) atoms. The van der Waals surface area contributed by atoms with Crippen LogP contribution in [0, 0.1) is 6.92 Å². The van der Waals surface area contributed by atoms with Gasteiger partial charge in [0.25, 0.3) is 0 Å². The number of aryl methyl sites for hydroxylation is 1. The third-order valence-corrected chi connectivity index (χ3v) is 5.96. The van der Waals surface area contributed by atoms with Crippen molar-refractivity contribution in [1.29, 1.82) is 0 Å². The zero-order valence-corrected chi connectivity index (χ0v) is 18.1. The van der Waals surface area contributed by atoms with Crippen molar-refractivity contribution in [3.05, 3.63) is 78.4 Å². The number of nitrogens with one attached hydrogen (secondary N) is 2. The molecule has 0 saturated heterocycles. The minimum Gasteiger partial charge on any atom is -0.495 e. The zero-order chi connectivity index (χ0) is 20.5. The molecule has 0 aliphatic carbocycles. The molecular formula is C23H24N2O2S2. The van der Waals surface area contributed by atoms with Gasteiger partial charge in [0.1, 0.15) is 5.75 Å². The summed E-state index contributed by atoms with van der Waals surface area (Å²) in [4.78, 5) is 14.4. The van der Waals surface area contributed by atoms with Crippen LogP contribution in [0.25, 0.3) is 0 Å². The summed E-state index contributed by atoms with van der Waals surface area (Å²) in [7, 11) is 1.66. The number of benzene rings is 3. The number of rotatable bonds is 9. The largest absolute Gasteiger partial charge is 0.495 e. The first-order chi connectivity index (χ1) is 14.1. The molecule has 0 aromatic heterocycles. The third-order valence-electron chi connectivity index (χ3n) is 4.11. The Morgan fingerprint density at radius 1 is 0.966 bits per heavy atom. The van der Waals surface area contributed by atoms with Crippen LogP contribution >= 0.6 is 23.7 Å². The average Bonchev–Trinajstić information content (AvgIpc) is 2.74. The molecule has 1 amide bonds. The maximum Gasteiger partial charge on any atom is 0.225 e. The van der Waals surface area contributed by atoms with E-state index in [-0.39, 0.29) is 5.91 Å². The summed E-state index contributed by atoms with van der Waals surface area (Å²) in [6.45, 7) is 2.05. The first-order valence-electron chi connectivity index (χ1n) is 9.29. The molecule has 0 unspecified atom stereocenters. The van der Waals surface area contributed by atoms with E-state index in [0.29, 0.717) is 6.42 Å².